The molecule has 112 valence electrons. The number of carbonyl (C=O) groups excluding carboxylic acids is 1. The molecule has 0 fully saturated rings. The lowest BCUT2D eigenvalue weighted by Crippen LogP contribution is -2.36. The summed E-state index contributed by atoms with van der Waals surface area (Å²) in [5.74, 6) is -7.42. The average molecular weight is 293 g/mol. The van der Waals surface area contributed by atoms with E-state index in [1.807, 2.05) is 0 Å². The highest BCUT2D eigenvalue weighted by Crippen LogP contribution is 2.26. The van der Waals surface area contributed by atoms with E-state index in [-0.39, 0.29) is 13.2 Å². The molecule has 1 aromatic carbocycles. The first kappa shape index (κ1) is 16.3. The number of ether oxygens (including phenoxy) is 1. The highest BCUT2D eigenvalue weighted by atomic mass is 19.2. The van der Waals surface area contributed by atoms with E-state index in [1.165, 1.54) is 14.2 Å². The van der Waals surface area contributed by atoms with Crippen molar-refractivity contribution in [1.82, 2.24) is 4.90 Å². The number of benzene rings is 1. The predicted octanol–water partition coefficient (Wildman–Crippen LogP) is 0.889. The smallest absolute Gasteiger partial charge is 0.256 e. The van der Waals surface area contributed by atoms with Gasteiger partial charge in [-0.1, -0.05) is 0 Å². The number of halogens is 3. The van der Waals surface area contributed by atoms with Gasteiger partial charge in [0.1, 0.15) is 0 Å². The van der Waals surface area contributed by atoms with Crippen molar-refractivity contribution in [2.24, 2.45) is 0 Å². The Morgan fingerprint density at radius 3 is 2.55 bits per heavy atom. The maximum atomic E-state index is 13.5. The van der Waals surface area contributed by atoms with Gasteiger partial charge < -0.3 is 19.8 Å². The van der Waals surface area contributed by atoms with Crippen molar-refractivity contribution in [3.05, 3.63) is 29.1 Å². The van der Waals surface area contributed by atoms with Crippen molar-refractivity contribution >= 4 is 5.91 Å². The zero-order valence-electron chi connectivity index (χ0n) is 10.9. The van der Waals surface area contributed by atoms with Gasteiger partial charge in [0, 0.05) is 20.7 Å². The number of phenols is 1. The number of aliphatic hydroxyl groups is 1. The first-order valence-corrected chi connectivity index (χ1v) is 5.58. The molecule has 1 atom stereocenters. The first-order chi connectivity index (χ1) is 9.29. The molecule has 20 heavy (non-hydrogen) atoms. The number of carbonyl (C=O) groups is 1. The fraction of sp³-hybridized carbons (Fsp3) is 0.417. The second-order valence-electron chi connectivity index (χ2n) is 4.18. The number of likely N-dealkylation sites (N-methyl/N-ethyl adjacent to an activating group) is 1. The van der Waals surface area contributed by atoms with Crippen LogP contribution in [0.25, 0.3) is 0 Å². The standard InChI is InChI=1S/C12H14F3NO4/c1-16(4-6(17)5-20-2)12(19)7-3-8(13)10(15)11(18)9(7)14/h3,6,17-18H,4-5H2,1-2H3. The molecule has 5 nitrogen and oxygen atoms in total. The molecule has 0 spiro atoms. The minimum Gasteiger partial charge on any atom is -0.503 e. The Morgan fingerprint density at radius 1 is 1.40 bits per heavy atom. The van der Waals surface area contributed by atoms with E-state index in [0.717, 1.165) is 4.90 Å². The Balaban J connectivity index is 2.98. The molecule has 0 saturated carbocycles. The third-order valence-electron chi connectivity index (χ3n) is 2.55. The molecule has 1 rings (SSSR count). The normalized spacial score (nSPS) is 12.3. The van der Waals surface area contributed by atoms with Gasteiger partial charge in [0.2, 0.25) is 5.82 Å². The van der Waals surface area contributed by atoms with Crippen LogP contribution >= 0.6 is 0 Å². The second kappa shape index (κ2) is 6.58. The van der Waals surface area contributed by atoms with Crippen LogP contribution in [0.15, 0.2) is 6.07 Å². The van der Waals surface area contributed by atoms with Gasteiger partial charge >= 0.3 is 0 Å². The molecule has 1 aromatic rings. The van der Waals surface area contributed by atoms with E-state index in [9.17, 15) is 23.1 Å². The van der Waals surface area contributed by atoms with Gasteiger partial charge in [-0.15, -0.1) is 0 Å². The monoisotopic (exact) mass is 293 g/mol. The Kier molecular flexibility index (Phi) is 5.34. The molecule has 0 aromatic heterocycles. The van der Waals surface area contributed by atoms with Crippen molar-refractivity contribution in [3.63, 3.8) is 0 Å². The predicted molar refractivity (Wildman–Crippen MR) is 62.8 cm³/mol. The zero-order valence-corrected chi connectivity index (χ0v) is 10.9. The minimum absolute atomic E-state index is 0.0524. The highest BCUT2D eigenvalue weighted by Gasteiger charge is 2.25. The molecule has 8 heteroatoms. The van der Waals surface area contributed by atoms with Crippen LogP contribution in [-0.2, 0) is 4.74 Å². The molecule has 0 aliphatic rings. The summed E-state index contributed by atoms with van der Waals surface area (Å²) in [5, 5.41) is 18.5. The summed E-state index contributed by atoms with van der Waals surface area (Å²) in [6, 6.07) is 0.353. The van der Waals surface area contributed by atoms with Crippen molar-refractivity contribution in [2.75, 3.05) is 27.3 Å². The van der Waals surface area contributed by atoms with Crippen LogP contribution in [-0.4, -0.2) is 54.4 Å². The molecule has 0 aliphatic carbocycles. The van der Waals surface area contributed by atoms with Crippen LogP contribution < -0.4 is 0 Å². The molecule has 0 saturated heterocycles. The van der Waals surface area contributed by atoms with Crippen molar-refractivity contribution in [2.45, 2.75) is 6.10 Å². The Hall–Kier alpha value is -1.80. The summed E-state index contributed by atoms with van der Waals surface area (Å²) >= 11 is 0. The quantitative estimate of drug-likeness (QED) is 0.791. The topological polar surface area (TPSA) is 70.0 Å². The molecule has 1 amide bonds. The van der Waals surface area contributed by atoms with Gasteiger partial charge in [-0.3, -0.25) is 4.79 Å². The molecule has 1 unspecified atom stereocenters. The summed E-state index contributed by atoms with van der Waals surface area (Å²) < 4.78 is 44.2. The largest absolute Gasteiger partial charge is 0.503 e. The zero-order chi connectivity index (χ0) is 15.4. The van der Waals surface area contributed by atoms with Crippen LogP contribution in [0.3, 0.4) is 0 Å². The molecule has 0 aliphatic heterocycles. The maximum absolute atomic E-state index is 13.5. The van der Waals surface area contributed by atoms with Gasteiger partial charge in [-0.2, -0.15) is 4.39 Å². The van der Waals surface area contributed by atoms with Gasteiger partial charge in [0.25, 0.3) is 5.91 Å². The van der Waals surface area contributed by atoms with Crippen molar-refractivity contribution in [3.8, 4) is 5.75 Å². The summed E-state index contributed by atoms with van der Waals surface area (Å²) in [5.41, 5.74) is -0.825. The molecule has 0 bridgehead atoms. The lowest BCUT2D eigenvalue weighted by atomic mass is 10.1. The summed E-state index contributed by atoms with van der Waals surface area (Å²) in [7, 11) is 2.58. The lowest BCUT2D eigenvalue weighted by molar-refractivity contribution is 0.0378. The summed E-state index contributed by atoms with van der Waals surface area (Å²) in [6.07, 6.45) is -1.02. The SMILES string of the molecule is COCC(O)CN(C)C(=O)c1cc(F)c(F)c(O)c1F. The van der Waals surface area contributed by atoms with E-state index in [4.69, 9.17) is 5.11 Å². The van der Waals surface area contributed by atoms with E-state index >= 15 is 0 Å². The Labute approximate surface area is 113 Å². The maximum Gasteiger partial charge on any atom is 0.256 e. The van der Waals surface area contributed by atoms with E-state index in [2.05, 4.69) is 4.74 Å². The van der Waals surface area contributed by atoms with E-state index in [0.29, 0.717) is 6.07 Å². The van der Waals surface area contributed by atoms with Crippen molar-refractivity contribution in [1.29, 1.82) is 0 Å². The third kappa shape index (κ3) is 3.40. The number of methoxy groups -OCH3 is 1. The summed E-state index contributed by atoms with van der Waals surface area (Å²) in [6.45, 7) is -0.255. The number of hydrogen-bond acceptors (Lipinski definition) is 4. The van der Waals surface area contributed by atoms with Crippen LogP contribution in [0.2, 0.25) is 0 Å². The third-order valence-corrected chi connectivity index (χ3v) is 2.55. The fourth-order valence-corrected chi connectivity index (χ4v) is 1.60. The van der Waals surface area contributed by atoms with Crippen LogP contribution in [0.4, 0.5) is 13.2 Å². The number of rotatable bonds is 5. The van der Waals surface area contributed by atoms with E-state index in [1.54, 1.807) is 0 Å². The summed E-state index contributed by atoms with van der Waals surface area (Å²) in [4.78, 5) is 12.8. The molecule has 2 N–H and O–H groups in total. The number of nitrogens with zero attached hydrogens (tertiary/aromatic N) is 1. The fourth-order valence-electron chi connectivity index (χ4n) is 1.60. The van der Waals surface area contributed by atoms with Crippen LogP contribution in [0.5, 0.6) is 5.75 Å². The number of phenolic OH excluding ortho intramolecular Hbond substituents is 1. The van der Waals surface area contributed by atoms with Crippen molar-refractivity contribution < 1.29 is 32.9 Å². The molecule has 0 heterocycles. The number of amides is 1. The second-order valence-corrected chi connectivity index (χ2v) is 4.18. The van der Waals surface area contributed by atoms with Crippen LogP contribution in [0, 0.1) is 17.5 Å². The molecule has 0 radical (unpaired) electrons. The highest BCUT2D eigenvalue weighted by molar-refractivity contribution is 5.94. The van der Waals surface area contributed by atoms with Gasteiger partial charge in [-0.25, -0.2) is 8.78 Å². The van der Waals surface area contributed by atoms with Gasteiger partial charge in [0.05, 0.1) is 18.3 Å². The van der Waals surface area contributed by atoms with Gasteiger partial charge in [-0.05, 0) is 6.07 Å². The van der Waals surface area contributed by atoms with Crippen LogP contribution in [0.1, 0.15) is 10.4 Å². The lowest BCUT2D eigenvalue weighted by Gasteiger charge is -2.21. The Bertz CT molecular complexity index is 510. The first-order valence-electron chi connectivity index (χ1n) is 5.58. The number of aliphatic hydroxyl groups excluding tert-OH is 1. The Morgan fingerprint density at radius 2 is 2.00 bits per heavy atom. The van der Waals surface area contributed by atoms with E-state index < -0.39 is 40.8 Å². The number of aromatic hydroxyl groups is 1. The van der Waals surface area contributed by atoms with Gasteiger partial charge in [0.15, 0.2) is 17.4 Å². The molecular formula is C12H14F3NO4. The average Bonchev–Trinajstić information content (AvgIpc) is 2.39. The minimum atomic E-state index is -1.76. The number of hydrogen-bond donors (Lipinski definition) is 2. The molecular weight excluding hydrogens is 279 g/mol.